The maximum absolute atomic E-state index is 13.2. The van der Waals surface area contributed by atoms with Gasteiger partial charge in [-0.15, -0.1) is 0 Å². The second-order valence-corrected chi connectivity index (χ2v) is 7.86. The smallest absolute Gasteiger partial charge is 0.293 e. The van der Waals surface area contributed by atoms with E-state index in [4.69, 9.17) is 4.74 Å². The van der Waals surface area contributed by atoms with Gasteiger partial charge in [0, 0.05) is 44.9 Å². The van der Waals surface area contributed by atoms with Crippen LogP contribution < -0.4 is 4.90 Å². The average Bonchev–Trinajstić information content (AvgIpc) is 2.76. The Morgan fingerprint density at radius 2 is 2.03 bits per heavy atom. The first-order valence-electron chi connectivity index (χ1n) is 10.3. The molecule has 0 aromatic heterocycles. The Morgan fingerprint density at radius 1 is 1.27 bits per heavy atom. The van der Waals surface area contributed by atoms with Gasteiger partial charge in [-0.25, -0.2) is 0 Å². The number of nitrogens with zero attached hydrogens (tertiary/aromatic N) is 3. The Kier molecular flexibility index (Phi) is 7.41. The lowest BCUT2D eigenvalue weighted by Crippen LogP contribution is -2.35. The molecule has 7 heteroatoms. The highest BCUT2D eigenvalue weighted by atomic mass is 16.6. The lowest BCUT2D eigenvalue weighted by molar-refractivity contribution is -0.384. The lowest BCUT2D eigenvalue weighted by atomic mass is 9.99. The molecular weight excluding hydrogens is 382 g/mol. The highest BCUT2D eigenvalue weighted by molar-refractivity contribution is 5.95. The van der Waals surface area contributed by atoms with Gasteiger partial charge in [0.15, 0.2) is 0 Å². The predicted molar refractivity (Wildman–Crippen MR) is 117 cm³/mol. The van der Waals surface area contributed by atoms with Crippen LogP contribution in [0, 0.1) is 16.0 Å². The van der Waals surface area contributed by atoms with Gasteiger partial charge in [0.25, 0.3) is 11.6 Å². The zero-order valence-corrected chi connectivity index (χ0v) is 17.6. The highest BCUT2D eigenvalue weighted by Crippen LogP contribution is 2.32. The molecule has 0 aliphatic carbocycles. The highest BCUT2D eigenvalue weighted by Gasteiger charge is 2.26. The van der Waals surface area contributed by atoms with E-state index in [-0.39, 0.29) is 16.5 Å². The third-order valence-electron chi connectivity index (χ3n) is 5.49. The summed E-state index contributed by atoms with van der Waals surface area (Å²) in [5.41, 5.74) is 1.90. The van der Waals surface area contributed by atoms with E-state index in [0.717, 1.165) is 31.5 Å². The van der Waals surface area contributed by atoms with Crippen LogP contribution >= 0.6 is 0 Å². The molecule has 1 aliphatic rings. The molecule has 30 heavy (non-hydrogen) atoms. The molecule has 2 aromatic carbocycles. The van der Waals surface area contributed by atoms with Gasteiger partial charge in [-0.1, -0.05) is 37.3 Å². The number of nitro groups is 1. The minimum Gasteiger partial charge on any atom is -0.383 e. The van der Waals surface area contributed by atoms with E-state index in [2.05, 4.69) is 11.8 Å². The van der Waals surface area contributed by atoms with Gasteiger partial charge in [0.1, 0.15) is 5.69 Å². The molecular formula is C23H29N3O4. The van der Waals surface area contributed by atoms with Crippen LogP contribution in [0.5, 0.6) is 0 Å². The van der Waals surface area contributed by atoms with Crippen LogP contribution in [0.15, 0.2) is 48.5 Å². The molecule has 0 saturated carbocycles. The van der Waals surface area contributed by atoms with Crippen molar-refractivity contribution in [1.82, 2.24) is 4.90 Å². The molecule has 0 N–H and O–H groups in total. The molecule has 1 fully saturated rings. The van der Waals surface area contributed by atoms with Gasteiger partial charge >= 0.3 is 0 Å². The van der Waals surface area contributed by atoms with Crippen molar-refractivity contribution in [3.8, 4) is 0 Å². The van der Waals surface area contributed by atoms with E-state index < -0.39 is 0 Å². The van der Waals surface area contributed by atoms with Gasteiger partial charge in [0.2, 0.25) is 0 Å². The summed E-state index contributed by atoms with van der Waals surface area (Å²) >= 11 is 0. The molecule has 1 saturated heterocycles. The minimum atomic E-state index is -0.387. The quantitative estimate of drug-likeness (QED) is 0.482. The molecule has 1 amide bonds. The predicted octanol–water partition coefficient (Wildman–Crippen LogP) is 4.12. The van der Waals surface area contributed by atoms with Gasteiger partial charge in [-0.2, -0.15) is 0 Å². The fourth-order valence-corrected chi connectivity index (χ4v) is 3.92. The zero-order chi connectivity index (χ0) is 21.5. The number of rotatable bonds is 8. The van der Waals surface area contributed by atoms with E-state index in [9.17, 15) is 14.9 Å². The minimum absolute atomic E-state index is 0.0126. The Bertz CT molecular complexity index is 872. The molecule has 0 radical (unpaired) electrons. The summed E-state index contributed by atoms with van der Waals surface area (Å²) in [6.07, 6.45) is 2.15. The summed E-state index contributed by atoms with van der Waals surface area (Å²) in [7, 11) is 1.59. The van der Waals surface area contributed by atoms with Crippen molar-refractivity contribution >= 4 is 17.3 Å². The van der Waals surface area contributed by atoms with Crippen LogP contribution in [0.3, 0.4) is 0 Å². The zero-order valence-electron chi connectivity index (χ0n) is 17.6. The fraction of sp³-hybridized carbons (Fsp3) is 0.435. The largest absolute Gasteiger partial charge is 0.383 e. The maximum atomic E-state index is 13.2. The molecule has 3 rings (SSSR count). The molecule has 2 aromatic rings. The molecule has 1 unspecified atom stereocenters. The van der Waals surface area contributed by atoms with Crippen LogP contribution in [0.4, 0.5) is 11.4 Å². The summed E-state index contributed by atoms with van der Waals surface area (Å²) < 4.78 is 5.16. The van der Waals surface area contributed by atoms with Gasteiger partial charge < -0.3 is 14.5 Å². The monoisotopic (exact) mass is 411 g/mol. The summed E-state index contributed by atoms with van der Waals surface area (Å²) in [6.45, 7) is 4.97. The van der Waals surface area contributed by atoms with E-state index in [1.165, 1.54) is 6.07 Å². The topological polar surface area (TPSA) is 75.9 Å². The molecule has 160 valence electrons. The van der Waals surface area contributed by atoms with Gasteiger partial charge in [-0.3, -0.25) is 14.9 Å². The number of carbonyl (C=O) groups excluding carboxylic acids is 1. The van der Waals surface area contributed by atoms with Crippen molar-refractivity contribution in [1.29, 1.82) is 0 Å². The summed E-state index contributed by atoms with van der Waals surface area (Å²) in [4.78, 5) is 28.3. The van der Waals surface area contributed by atoms with E-state index in [1.807, 2.05) is 30.3 Å². The molecule has 7 nitrogen and oxygen atoms in total. The number of methoxy groups -OCH3 is 1. The lowest BCUT2D eigenvalue weighted by Gasteiger charge is -2.32. The Hall–Kier alpha value is -2.93. The summed E-state index contributed by atoms with van der Waals surface area (Å²) in [6, 6.07) is 14.5. The van der Waals surface area contributed by atoms with Crippen LogP contribution in [-0.4, -0.2) is 49.1 Å². The molecule has 0 bridgehead atoms. The van der Waals surface area contributed by atoms with Crippen LogP contribution in [0.25, 0.3) is 0 Å². The average molecular weight is 412 g/mol. The first-order chi connectivity index (χ1) is 14.5. The van der Waals surface area contributed by atoms with Crippen LogP contribution in [0.2, 0.25) is 0 Å². The fourth-order valence-electron chi connectivity index (χ4n) is 3.92. The normalized spacial score (nSPS) is 16.3. The number of anilines is 1. The Morgan fingerprint density at radius 3 is 2.70 bits per heavy atom. The van der Waals surface area contributed by atoms with Gasteiger partial charge in [0.05, 0.1) is 11.5 Å². The molecule has 0 spiro atoms. The first kappa shape index (κ1) is 21.8. The van der Waals surface area contributed by atoms with E-state index in [0.29, 0.717) is 36.9 Å². The van der Waals surface area contributed by atoms with E-state index in [1.54, 1.807) is 24.1 Å². The van der Waals surface area contributed by atoms with Crippen molar-refractivity contribution < 1.29 is 14.5 Å². The number of nitro benzene ring substituents is 1. The number of ether oxygens (including phenoxy) is 1. The second kappa shape index (κ2) is 10.2. The maximum Gasteiger partial charge on any atom is 0.293 e. The number of hydrogen-bond acceptors (Lipinski definition) is 5. The third-order valence-corrected chi connectivity index (χ3v) is 5.49. The third kappa shape index (κ3) is 5.36. The summed E-state index contributed by atoms with van der Waals surface area (Å²) in [5, 5.41) is 11.8. The Balaban J connectivity index is 1.87. The molecule has 1 heterocycles. The van der Waals surface area contributed by atoms with Crippen molar-refractivity contribution in [2.45, 2.75) is 26.3 Å². The van der Waals surface area contributed by atoms with Gasteiger partial charge in [-0.05, 0) is 36.5 Å². The Labute approximate surface area is 177 Å². The van der Waals surface area contributed by atoms with E-state index >= 15 is 0 Å². The standard InChI is InChI=1S/C23H29N3O4/c1-18-7-6-12-24(16-18)21-11-10-20(15-22(21)26(28)29)23(27)25(13-14-30-2)17-19-8-4-3-5-9-19/h3-5,8-11,15,18H,6-7,12-14,16-17H2,1-2H3. The number of benzene rings is 2. The van der Waals surface area contributed by atoms with Crippen LogP contribution in [0.1, 0.15) is 35.7 Å². The number of carbonyl (C=O) groups is 1. The molecule has 1 aliphatic heterocycles. The second-order valence-electron chi connectivity index (χ2n) is 7.86. The number of hydrogen-bond donors (Lipinski definition) is 0. The summed E-state index contributed by atoms with van der Waals surface area (Å²) in [5.74, 6) is 0.257. The van der Waals surface area contributed by atoms with Crippen molar-refractivity contribution in [2.24, 2.45) is 5.92 Å². The van der Waals surface area contributed by atoms with Crippen LogP contribution in [-0.2, 0) is 11.3 Å². The SMILES string of the molecule is COCCN(Cc1ccccc1)C(=O)c1ccc(N2CCCC(C)C2)c([N+](=O)[O-])c1. The van der Waals surface area contributed by atoms with Crippen molar-refractivity contribution in [3.05, 3.63) is 69.8 Å². The molecule has 1 atom stereocenters. The number of piperidine rings is 1. The first-order valence-corrected chi connectivity index (χ1v) is 10.3. The van der Waals surface area contributed by atoms with Crippen molar-refractivity contribution in [3.63, 3.8) is 0 Å². The van der Waals surface area contributed by atoms with Crippen molar-refractivity contribution in [2.75, 3.05) is 38.3 Å². The number of amides is 1.